The van der Waals surface area contributed by atoms with Crippen molar-refractivity contribution in [1.29, 1.82) is 0 Å². The van der Waals surface area contributed by atoms with Gasteiger partial charge >= 0.3 is 0 Å². The first-order valence-electron chi connectivity index (χ1n) is 24.5. The minimum absolute atomic E-state index is 0.0140. The molecule has 1 fully saturated rings. The van der Waals surface area contributed by atoms with Gasteiger partial charge in [-0.25, -0.2) is 0 Å². The van der Waals surface area contributed by atoms with E-state index in [1.54, 1.807) is 38.0 Å². The summed E-state index contributed by atoms with van der Waals surface area (Å²) in [5, 5.41) is 8.93. The van der Waals surface area contributed by atoms with Gasteiger partial charge in [0, 0.05) is 66.1 Å². The summed E-state index contributed by atoms with van der Waals surface area (Å²) < 4.78 is 12.1. The molecular formula is C51H88N6O8. The van der Waals surface area contributed by atoms with Gasteiger partial charge < -0.3 is 35.2 Å². The molecule has 14 heteroatoms. The van der Waals surface area contributed by atoms with Gasteiger partial charge in [0.2, 0.25) is 29.5 Å². The number of nitrogens with one attached hydrogen (secondary N) is 3. The number of ether oxygens (including phenoxy) is 2. The van der Waals surface area contributed by atoms with Crippen LogP contribution in [-0.2, 0) is 44.7 Å². The van der Waals surface area contributed by atoms with Crippen molar-refractivity contribution in [2.24, 2.45) is 29.6 Å². The second kappa shape index (κ2) is 29.7. The van der Waals surface area contributed by atoms with Crippen LogP contribution in [-0.4, -0.2) is 141 Å². The lowest BCUT2D eigenvalue weighted by atomic mass is 9.83. The average molecular weight is 913 g/mol. The van der Waals surface area contributed by atoms with Crippen molar-refractivity contribution >= 4 is 35.3 Å². The zero-order chi connectivity index (χ0) is 48.8. The van der Waals surface area contributed by atoms with E-state index in [4.69, 9.17) is 9.47 Å². The summed E-state index contributed by atoms with van der Waals surface area (Å²) in [6.45, 7) is 17.5. The fourth-order valence-corrected chi connectivity index (χ4v) is 9.57. The van der Waals surface area contributed by atoms with Crippen LogP contribution in [0.15, 0.2) is 30.3 Å². The van der Waals surface area contributed by atoms with Crippen LogP contribution in [0.25, 0.3) is 0 Å². The molecule has 1 heterocycles. The molecule has 0 radical (unpaired) electrons. The molecule has 0 aromatic heterocycles. The molecule has 0 bridgehead atoms. The third kappa shape index (κ3) is 18.0. The van der Waals surface area contributed by atoms with Gasteiger partial charge in [0.1, 0.15) is 6.04 Å². The summed E-state index contributed by atoms with van der Waals surface area (Å²) in [4.78, 5) is 87.8. The summed E-state index contributed by atoms with van der Waals surface area (Å²) in [5.74, 6) is -2.16. The van der Waals surface area contributed by atoms with Gasteiger partial charge in [-0.1, -0.05) is 105 Å². The van der Waals surface area contributed by atoms with Crippen LogP contribution in [0.2, 0.25) is 0 Å². The Bertz CT molecular complexity index is 1600. The highest BCUT2D eigenvalue weighted by molar-refractivity contribution is 5.90. The maximum atomic E-state index is 14.4. The highest BCUT2D eigenvalue weighted by Crippen LogP contribution is 2.31. The molecule has 0 spiro atoms. The summed E-state index contributed by atoms with van der Waals surface area (Å²) in [6, 6.07) is 7.52. The first-order valence-corrected chi connectivity index (χ1v) is 24.5. The Morgan fingerprint density at radius 3 is 2.02 bits per heavy atom. The van der Waals surface area contributed by atoms with Crippen molar-refractivity contribution in [1.82, 2.24) is 30.7 Å². The SMILES string of the molecule is CCCCCNC(=O)CCCCNC(=O)[C@H](Cc1ccccc1)NC(=O)[C@H](C)[C@@H](OC)[C@@H]1CCCN1C(=O)C[C@@H](OC)[C@H](C(C)CC)N(C)C(=O)[C@@H](CC(=O)[C@H](C(C)C)N(C)C)C(C)C. The molecule has 5 amide bonds. The Morgan fingerprint density at radius 1 is 0.800 bits per heavy atom. The van der Waals surface area contributed by atoms with Gasteiger partial charge in [-0.2, -0.15) is 0 Å². The van der Waals surface area contributed by atoms with E-state index in [0.717, 1.165) is 37.7 Å². The lowest BCUT2D eigenvalue weighted by molar-refractivity contribution is -0.149. The Kier molecular flexibility index (Phi) is 26.2. The quantitative estimate of drug-likeness (QED) is 0.0753. The minimum atomic E-state index is -0.856. The largest absolute Gasteiger partial charge is 0.379 e. The monoisotopic (exact) mass is 913 g/mol. The van der Waals surface area contributed by atoms with Crippen molar-refractivity contribution in [2.45, 2.75) is 169 Å². The predicted molar refractivity (Wildman–Crippen MR) is 258 cm³/mol. The van der Waals surface area contributed by atoms with Crippen molar-refractivity contribution in [3.8, 4) is 0 Å². The van der Waals surface area contributed by atoms with E-state index in [2.05, 4.69) is 36.7 Å². The van der Waals surface area contributed by atoms with E-state index in [0.29, 0.717) is 45.3 Å². The highest BCUT2D eigenvalue weighted by atomic mass is 16.5. The number of nitrogens with zero attached hydrogens (tertiary/aromatic N) is 3. The Labute approximate surface area is 392 Å². The van der Waals surface area contributed by atoms with Crippen LogP contribution in [0, 0.1) is 29.6 Å². The fourth-order valence-electron chi connectivity index (χ4n) is 9.57. The van der Waals surface area contributed by atoms with Crippen LogP contribution in [0.3, 0.4) is 0 Å². The lowest BCUT2D eigenvalue weighted by Crippen LogP contribution is -2.55. The standard InChI is InChI=1S/C51H88N6O8/c1-14-16-21-28-52-44(59)27-20-22-29-53-50(62)40(31-38-24-18-17-19-25-38)54-49(61)37(8)48(65-13)41-26-23-30-57(41)45(60)33-43(64-12)47(36(7)15-2)56(11)51(63)39(34(3)4)32-42(58)46(35(5)6)55(9)10/h17-19,24-25,34-37,39-41,43,46-48H,14-16,20-23,26-33H2,1-13H3,(H,52,59)(H,53,62)(H,54,61)/t36?,37-,39+,40+,41+,43-,46+,47+,48-/m1/s1. The molecule has 1 aliphatic rings. The van der Waals surface area contributed by atoms with Gasteiger partial charge in [-0.15, -0.1) is 0 Å². The molecule has 1 aromatic rings. The molecule has 0 saturated carbocycles. The van der Waals surface area contributed by atoms with Crippen LogP contribution in [0.1, 0.15) is 132 Å². The molecule has 2 rings (SSSR count). The van der Waals surface area contributed by atoms with Crippen molar-refractivity contribution in [3.63, 3.8) is 0 Å². The molecule has 1 unspecified atom stereocenters. The first kappa shape index (κ1) is 57.2. The molecule has 370 valence electrons. The zero-order valence-corrected chi connectivity index (χ0v) is 42.5. The van der Waals surface area contributed by atoms with E-state index >= 15 is 0 Å². The van der Waals surface area contributed by atoms with E-state index in [1.807, 2.05) is 77.0 Å². The highest BCUT2D eigenvalue weighted by Gasteiger charge is 2.43. The van der Waals surface area contributed by atoms with E-state index in [1.165, 1.54) is 0 Å². The molecular weight excluding hydrogens is 825 g/mol. The molecule has 3 N–H and O–H groups in total. The molecule has 1 aromatic carbocycles. The molecule has 0 aliphatic carbocycles. The third-order valence-electron chi connectivity index (χ3n) is 13.5. The number of amides is 5. The third-order valence-corrected chi connectivity index (χ3v) is 13.5. The number of hydrogen-bond donors (Lipinski definition) is 3. The lowest BCUT2D eigenvalue weighted by Gasteiger charge is -2.41. The normalized spacial score (nSPS) is 17.8. The Balaban J connectivity index is 2.22. The molecule has 65 heavy (non-hydrogen) atoms. The maximum absolute atomic E-state index is 14.4. The molecule has 14 nitrogen and oxygen atoms in total. The van der Waals surface area contributed by atoms with E-state index in [9.17, 15) is 28.8 Å². The molecule has 1 aliphatic heterocycles. The number of ketones is 1. The van der Waals surface area contributed by atoms with Crippen LogP contribution in [0.4, 0.5) is 0 Å². The molecule has 1 saturated heterocycles. The summed E-state index contributed by atoms with van der Waals surface area (Å²) in [7, 11) is 8.67. The summed E-state index contributed by atoms with van der Waals surface area (Å²) >= 11 is 0. The average Bonchev–Trinajstić information content (AvgIpc) is 3.75. The van der Waals surface area contributed by atoms with E-state index < -0.39 is 42.2 Å². The van der Waals surface area contributed by atoms with Crippen LogP contribution < -0.4 is 16.0 Å². The number of Topliss-reactive ketones (excluding diaryl/α,β-unsaturated/α-hetero) is 1. The van der Waals surface area contributed by atoms with Crippen LogP contribution in [0.5, 0.6) is 0 Å². The minimum Gasteiger partial charge on any atom is -0.379 e. The Hall–Kier alpha value is -3.88. The van der Waals surface area contributed by atoms with Crippen molar-refractivity contribution in [2.75, 3.05) is 55.0 Å². The summed E-state index contributed by atoms with van der Waals surface area (Å²) in [6.07, 6.45) is 6.02. The second-order valence-electron chi connectivity index (χ2n) is 19.3. The van der Waals surface area contributed by atoms with Crippen molar-refractivity contribution in [3.05, 3.63) is 35.9 Å². The van der Waals surface area contributed by atoms with Crippen LogP contribution >= 0.6 is 0 Å². The van der Waals surface area contributed by atoms with Gasteiger partial charge in [-0.05, 0) is 69.5 Å². The maximum Gasteiger partial charge on any atom is 0.242 e. The number of carbonyl (C=O) groups is 6. The number of hydrogen-bond acceptors (Lipinski definition) is 9. The predicted octanol–water partition coefficient (Wildman–Crippen LogP) is 6.04. The first-order chi connectivity index (χ1) is 30.8. The number of unbranched alkanes of at least 4 members (excludes halogenated alkanes) is 3. The summed E-state index contributed by atoms with van der Waals surface area (Å²) in [5.41, 5.74) is 0.893. The van der Waals surface area contributed by atoms with E-state index in [-0.39, 0.29) is 78.4 Å². The smallest absolute Gasteiger partial charge is 0.242 e. The number of likely N-dealkylation sites (tertiary alicyclic amines) is 1. The topological polar surface area (TPSA) is 167 Å². The number of benzene rings is 1. The van der Waals surface area contributed by atoms with Gasteiger partial charge in [0.15, 0.2) is 5.78 Å². The fraction of sp³-hybridized carbons (Fsp3) is 0.765. The van der Waals surface area contributed by atoms with Gasteiger partial charge in [0.25, 0.3) is 0 Å². The number of likely N-dealkylation sites (N-methyl/N-ethyl adjacent to an activating group) is 2. The zero-order valence-electron chi connectivity index (χ0n) is 42.5. The Morgan fingerprint density at radius 2 is 1.45 bits per heavy atom. The number of rotatable bonds is 31. The van der Waals surface area contributed by atoms with Gasteiger partial charge in [0.05, 0.1) is 42.7 Å². The van der Waals surface area contributed by atoms with Crippen molar-refractivity contribution < 1.29 is 38.2 Å². The second-order valence-corrected chi connectivity index (χ2v) is 19.3. The molecule has 9 atom stereocenters. The number of methoxy groups -OCH3 is 2. The number of carbonyl (C=O) groups excluding carboxylic acids is 6. The van der Waals surface area contributed by atoms with Gasteiger partial charge in [-0.3, -0.25) is 33.7 Å².